The predicted octanol–water partition coefficient (Wildman–Crippen LogP) is 5.63. The van der Waals surface area contributed by atoms with Gasteiger partial charge in [0.1, 0.15) is 5.82 Å². The van der Waals surface area contributed by atoms with Gasteiger partial charge in [0.15, 0.2) is 0 Å². The Morgan fingerprint density at radius 3 is 2.52 bits per heavy atom. The average molecular weight is 472 g/mol. The number of imidazole rings is 1. The molecule has 0 N–H and O–H groups in total. The first-order valence-corrected chi connectivity index (χ1v) is 10.7. The molecule has 4 rings (SSSR count). The second kappa shape index (κ2) is 8.62. The van der Waals surface area contributed by atoms with E-state index in [1.54, 1.807) is 18.5 Å². The molecule has 1 aromatic heterocycles. The summed E-state index contributed by atoms with van der Waals surface area (Å²) in [4.78, 5) is 6.87. The molecule has 9 heteroatoms. The molecule has 2 aromatic carbocycles. The minimum absolute atomic E-state index is 0.320. The number of benzene rings is 2. The van der Waals surface area contributed by atoms with E-state index >= 15 is 0 Å². The van der Waals surface area contributed by atoms with Crippen LogP contribution in [0.5, 0.6) is 0 Å². The Kier molecular flexibility index (Phi) is 6.23. The van der Waals surface area contributed by atoms with Crippen LogP contribution in [0.1, 0.15) is 28.1 Å². The molecule has 4 nitrogen and oxygen atoms in total. The molecule has 1 aliphatic heterocycles. The van der Waals surface area contributed by atoms with E-state index < -0.39 is 11.7 Å². The first-order chi connectivity index (χ1) is 14.6. The van der Waals surface area contributed by atoms with Crippen LogP contribution in [0.15, 0.2) is 24.3 Å². The highest BCUT2D eigenvalue weighted by Gasteiger charge is 2.32. The largest absolute Gasteiger partial charge is 0.416 e. The fraction of sp³-hybridized carbons (Fsp3) is 0.409. The molecule has 1 aliphatic rings. The van der Waals surface area contributed by atoms with Crippen molar-refractivity contribution in [3.8, 4) is 0 Å². The molecule has 0 saturated carbocycles. The van der Waals surface area contributed by atoms with Crippen LogP contribution in [0, 0.1) is 6.92 Å². The molecular weight excluding hydrogens is 450 g/mol. The van der Waals surface area contributed by atoms with Crippen LogP contribution in [0.3, 0.4) is 0 Å². The summed E-state index contributed by atoms with van der Waals surface area (Å²) >= 11 is 13.2. The van der Waals surface area contributed by atoms with Crippen LogP contribution < -0.4 is 0 Å². The minimum atomic E-state index is -4.41. The molecule has 2 heterocycles. The predicted molar refractivity (Wildman–Crippen MR) is 116 cm³/mol. The summed E-state index contributed by atoms with van der Waals surface area (Å²) < 4.78 is 46.8. The highest BCUT2D eigenvalue weighted by Crippen LogP contribution is 2.35. The molecule has 0 bridgehead atoms. The van der Waals surface area contributed by atoms with E-state index in [1.807, 2.05) is 12.1 Å². The van der Waals surface area contributed by atoms with E-state index in [9.17, 15) is 13.2 Å². The van der Waals surface area contributed by atoms with Gasteiger partial charge >= 0.3 is 6.18 Å². The van der Waals surface area contributed by atoms with E-state index in [2.05, 4.69) is 9.88 Å². The number of hydrogen-bond acceptors (Lipinski definition) is 3. The SMILES string of the molecule is Cc1cc(C(F)(F)F)cc2c1nc(Cc1c(Cl)ccc(CN3CCOCC3)c1Cl)n2C. The molecule has 3 aromatic rings. The average Bonchev–Trinajstić information content (AvgIpc) is 3.04. The zero-order chi connectivity index (χ0) is 22.3. The number of hydrogen-bond donors (Lipinski definition) is 0. The topological polar surface area (TPSA) is 30.3 Å². The van der Waals surface area contributed by atoms with Crippen LogP contribution in [0.2, 0.25) is 10.0 Å². The highest BCUT2D eigenvalue weighted by molar-refractivity contribution is 6.36. The molecule has 0 radical (unpaired) electrons. The van der Waals surface area contributed by atoms with Gasteiger partial charge in [-0.2, -0.15) is 13.2 Å². The molecule has 0 aliphatic carbocycles. The third-order valence-electron chi connectivity index (χ3n) is 5.70. The summed E-state index contributed by atoms with van der Waals surface area (Å²) in [6.07, 6.45) is -4.09. The Balaban J connectivity index is 1.69. The normalized spacial score (nSPS) is 15.7. The molecule has 0 atom stereocenters. The summed E-state index contributed by atoms with van der Waals surface area (Å²) in [5.74, 6) is 0.602. The lowest BCUT2D eigenvalue weighted by Gasteiger charge is -2.27. The molecule has 1 saturated heterocycles. The maximum absolute atomic E-state index is 13.2. The Morgan fingerprint density at radius 2 is 1.84 bits per heavy atom. The first-order valence-electron chi connectivity index (χ1n) is 9.94. The van der Waals surface area contributed by atoms with Gasteiger partial charge in [0.05, 0.1) is 34.8 Å². The molecule has 0 unspecified atom stereocenters. The van der Waals surface area contributed by atoms with E-state index in [0.717, 1.165) is 36.3 Å². The fourth-order valence-corrected chi connectivity index (χ4v) is 4.48. The number of aromatic nitrogens is 2. The number of morpholine rings is 1. The van der Waals surface area contributed by atoms with Gasteiger partial charge in [-0.3, -0.25) is 4.90 Å². The molecular formula is C22H22Cl2F3N3O. The quantitative estimate of drug-likeness (QED) is 0.493. The van der Waals surface area contributed by atoms with Gasteiger partial charge < -0.3 is 9.30 Å². The van der Waals surface area contributed by atoms with Gasteiger partial charge in [-0.25, -0.2) is 4.98 Å². The maximum Gasteiger partial charge on any atom is 0.416 e. The van der Waals surface area contributed by atoms with Crippen molar-refractivity contribution >= 4 is 34.2 Å². The summed E-state index contributed by atoms with van der Waals surface area (Å²) in [5, 5.41) is 1.08. The number of fused-ring (bicyclic) bond motifs is 1. The third-order valence-corrected chi connectivity index (χ3v) is 6.52. The Labute approximate surface area is 188 Å². The minimum Gasteiger partial charge on any atom is -0.379 e. The van der Waals surface area contributed by atoms with Crippen molar-refractivity contribution < 1.29 is 17.9 Å². The molecule has 0 amide bonds. The van der Waals surface area contributed by atoms with Gasteiger partial charge in [0.25, 0.3) is 0 Å². The van der Waals surface area contributed by atoms with Crippen LogP contribution >= 0.6 is 23.2 Å². The van der Waals surface area contributed by atoms with Crippen molar-refractivity contribution in [3.05, 3.63) is 62.4 Å². The lowest BCUT2D eigenvalue weighted by molar-refractivity contribution is -0.137. The standard InChI is InChI=1S/C22H22Cl2F3N3O/c1-13-9-15(22(25,26)27)10-18-21(13)28-19(29(18)2)11-16-17(23)4-3-14(20(16)24)12-30-5-7-31-8-6-30/h3-4,9-10H,5-8,11-12H2,1-2H3. The van der Waals surface area contributed by atoms with Crippen molar-refractivity contribution in [3.63, 3.8) is 0 Å². The lowest BCUT2D eigenvalue weighted by Crippen LogP contribution is -2.35. The third kappa shape index (κ3) is 4.55. The summed E-state index contributed by atoms with van der Waals surface area (Å²) in [5.41, 5.74) is 2.44. The van der Waals surface area contributed by atoms with Crippen LogP contribution in [-0.2, 0) is 30.9 Å². The molecule has 0 spiro atoms. The summed E-state index contributed by atoms with van der Waals surface area (Å²) in [7, 11) is 1.71. The Hall–Kier alpha value is -1.80. The number of nitrogens with zero attached hydrogens (tertiary/aromatic N) is 3. The smallest absolute Gasteiger partial charge is 0.379 e. The van der Waals surface area contributed by atoms with E-state index in [1.165, 1.54) is 0 Å². The zero-order valence-corrected chi connectivity index (χ0v) is 18.7. The monoisotopic (exact) mass is 471 g/mol. The van der Waals surface area contributed by atoms with Gasteiger partial charge in [0.2, 0.25) is 0 Å². The van der Waals surface area contributed by atoms with Crippen LogP contribution in [-0.4, -0.2) is 40.8 Å². The van der Waals surface area contributed by atoms with Crippen molar-refractivity contribution in [2.75, 3.05) is 26.3 Å². The summed E-state index contributed by atoms with van der Waals surface area (Å²) in [6.45, 7) is 5.37. The molecule has 1 fully saturated rings. The number of ether oxygens (including phenoxy) is 1. The number of rotatable bonds is 4. The fourth-order valence-electron chi connectivity index (χ4n) is 3.92. The first kappa shape index (κ1) is 22.4. The van der Waals surface area contributed by atoms with Gasteiger partial charge in [-0.1, -0.05) is 29.3 Å². The van der Waals surface area contributed by atoms with Crippen molar-refractivity contribution in [2.45, 2.75) is 26.1 Å². The number of alkyl halides is 3. The van der Waals surface area contributed by atoms with Crippen LogP contribution in [0.25, 0.3) is 11.0 Å². The summed E-state index contributed by atoms with van der Waals surface area (Å²) in [6, 6.07) is 5.99. The van der Waals surface area contributed by atoms with Crippen LogP contribution in [0.4, 0.5) is 13.2 Å². The second-order valence-corrected chi connectivity index (χ2v) is 8.60. The van der Waals surface area contributed by atoms with E-state index in [4.69, 9.17) is 27.9 Å². The number of aryl methyl sites for hydroxylation is 2. The Bertz CT molecular complexity index is 1120. The second-order valence-electron chi connectivity index (χ2n) is 7.81. The maximum atomic E-state index is 13.2. The molecule has 31 heavy (non-hydrogen) atoms. The van der Waals surface area contributed by atoms with E-state index in [0.29, 0.717) is 58.6 Å². The van der Waals surface area contributed by atoms with Crippen molar-refractivity contribution in [1.82, 2.24) is 14.5 Å². The van der Waals surface area contributed by atoms with E-state index in [-0.39, 0.29) is 0 Å². The molecule has 166 valence electrons. The zero-order valence-electron chi connectivity index (χ0n) is 17.2. The van der Waals surface area contributed by atoms with Gasteiger partial charge in [-0.15, -0.1) is 0 Å². The van der Waals surface area contributed by atoms with Gasteiger partial charge in [-0.05, 0) is 41.8 Å². The lowest BCUT2D eigenvalue weighted by atomic mass is 10.1. The van der Waals surface area contributed by atoms with Crippen molar-refractivity contribution in [2.24, 2.45) is 7.05 Å². The Morgan fingerprint density at radius 1 is 1.13 bits per heavy atom. The number of halogens is 5. The van der Waals surface area contributed by atoms with Crippen molar-refractivity contribution in [1.29, 1.82) is 0 Å². The van der Waals surface area contributed by atoms with Gasteiger partial charge in [0, 0.05) is 38.1 Å². The highest BCUT2D eigenvalue weighted by atomic mass is 35.5.